The standard InChI is InChI=1S/C16H14N2O2S/c1-13-6-5-7-14(10-13)18-12-16(11-17)21(19,20)15-8-3-2-4-9-15/h2-10,12,18H,1H3/b16-12+. The van der Waals surface area contributed by atoms with Crippen molar-refractivity contribution < 1.29 is 8.42 Å². The highest BCUT2D eigenvalue weighted by Crippen LogP contribution is 2.19. The molecule has 0 saturated heterocycles. The Morgan fingerprint density at radius 3 is 2.48 bits per heavy atom. The largest absolute Gasteiger partial charge is 0.360 e. The number of sulfone groups is 1. The van der Waals surface area contributed by atoms with E-state index >= 15 is 0 Å². The molecule has 0 radical (unpaired) electrons. The van der Waals surface area contributed by atoms with Crippen molar-refractivity contribution in [2.24, 2.45) is 0 Å². The lowest BCUT2D eigenvalue weighted by Crippen LogP contribution is -2.05. The van der Waals surface area contributed by atoms with E-state index in [0.29, 0.717) is 0 Å². The van der Waals surface area contributed by atoms with Gasteiger partial charge in [0.2, 0.25) is 9.84 Å². The van der Waals surface area contributed by atoms with E-state index in [2.05, 4.69) is 5.32 Å². The molecule has 0 heterocycles. The summed E-state index contributed by atoms with van der Waals surface area (Å²) in [4.78, 5) is -0.223. The Hall–Kier alpha value is -2.58. The second-order valence-corrected chi connectivity index (χ2v) is 6.37. The third-order valence-electron chi connectivity index (χ3n) is 2.84. The molecule has 4 nitrogen and oxygen atoms in total. The molecule has 0 aromatic heterocycles. The fraction of sp³-hybridized carbons (Fsp3) is 0.0625. The molecule has 1 N–H and O–H groups in total. The van der Waals surface area contributed by atoms with E-state index < -0.39 is 9.84 Å². The van der Waals surface area contributed by atoms with Gasteiger partial charge in [-0.15, -0.1) is 0 Å². The molecule has 0 atom stereocenters. The summed E-state index contributed by atoms with van der Waals surface area (Å²) in [6, 6.07) is 17.1. The van der Waals surface area contributed by atoms with Gasteiger partial charge in [-0.1, -0.05) is 30.3 Å². The molecule has 0 spiro atoms. The van der Waals surface area contributed by atoms with E-state index in [1.807, 2.05) is 25.1 Å². The number of rotatable bonds is 4. The number of benzene rings is 2. The van der Waals surface area contributed by atoms with Crippen LogP contribution >= 0.6 is 0 Å². The molecule has 0 amide bonds. The van der Waals surface area contributed by atoms with Crippen LogP contribution in [-0.2, 0) is 9.84 Å². The Morgan fingerprint density at radius 2 is 1.86 bits per heavy atom. The number of hydrogen-bond acceptors (Lipinski definition) is 4. The molecule has 0 unspecified atom stereocenters. The topological polar surface area (TPSA) is 70.0 Å². The van der Waals surface area contributed by atoms with E-state index in [9.17, 15) is 8.42 Å². The van der Waals surface area contributed by atoms with Crippen molar-refractivity contribution in [1.29, 1.82) is 5.26 Å². The second-order valence-electron chi connectivity index (χ2n) is 4.45. The maximum Gasteiger partial charge on any atom is 0.218 e. The molecule has 5 heteroatoms. The van der Waals surface area contributed by atoms with E-state index in [1.165, 1.54) is 18.3 Å². The van der Waals surface area contributed by atoms with Crippen LogP contribution in [0.4, 0.5) is 5.69 Å². The molecule has 0 saturated carbocycles. The van der Waals surface area contributed by atoms with Crippen LogP contribution in [0.1, 0.15) is 5.56 Å². The monoisotopic (exact) mass is 298 g/mol. The fourth-order valence-corrected chi connectivity index (χ4v) is 2.88. The summed E-state index contributed by atoms with van der Waals surface area (Å²) in [7, 11) is -3.79. The predicted octanol–water partition coefficient (Wildman–Crippen LogP) is 3.25. The van der Waals surface area contributed by atoms with Gasteiger partial charge in [-0.25, -0.2) is 8.42 Å². The molecule has 2 aromatic rings. The van der Waals surface area contributed by atoms with Crippen LogP contribution in [0, 0.1) is 18.3 Å². The summed E-state index contributed by atoms with van der Waals surface area (Å²) < 4.78 is 24.6. The molecule has 2 rings (SSSR count). The summed E-state index contributed by atoms with van der Waals surface area (Å²) in [6.45, 7) is 1.93. The lowest BCUT2D eigenvalue weighted by molar-refractivity contribution is 0.603. The molecule has 0 aliphatic carbocycles. The normalized spacial score (nSPS) is 11.7. The van der Waals surface area contributed by atoms with Crippen LogP contribution in [0.15, 0.2) is 70.6 Å². The van der Waals surface area contributed by atoms with E-state index in [-0.39, 0.29) is 9.80 Å². The Kier molecular flexibility index (Phi) is 4.41. The van der Waals surface area contributed by atoms with Gasteiger partial charge >= 0.3 is 0 Å². The minimum absolute atomic E-state index is 0.101. The van der Waals surface area contributed by atoms with E-state index in [4.69, 9.17) is 5.26 Å². The highest BCUT2D eigenvalue weighted by Gasteiger charge is 2.20. The molecule has 106 valence electrons. The Balaban J connectivity index is 2.32. The van der Waals surface area contributed by atoms with Gasteiger partial charge in [0, 0.05) is 11.9 Å². The van der Waals surface area contributed by atoms with Crippen molar-refractivity contribution in [1.82, 2.24) is 0 Å². The van der Waals surface area contributed by atoms with E-state index in [1.54, 1.807) is 30.3 Å². The van der Waals surface area contributed by atoms with Gasteiger partial charge in [0.05, 0.1) is 4.90 Å². The Labute approximate surface area is 124 Å². The number of aryl methyl sites for hydroxylation is 1. The lowest BCUT2D eigenvalue weighted by Gasteiger charge is -2.05. The summed E-state index contributed by atoms with van der Waals surface area (Å²) in [6.07, 6.45) is 1.22. The maximum atomic E-state index is 12.3. The first-order chi connectivity index (χ1) is 10.0. The summed E-state index contributed by atoms with van der Waals surface area (Å²) in [5.74, 6) is 0. The Bertz CT molecular complexity index is 804. The second kappa shape index (κ2) is 6.25. The molecule has 0 fully saturated rings. The number of nitrogens with zero attached hydrogens (tertiary/aromatic N) is 1. The highest BCUT2D eigenvalue weighted by atomic mass is 32.2. The third kappa shape index (κ3) is 3.50. The average molecular weight is 298 g/mol. The van der Waals surface area contributed by atoms with Crippen molar-refractivity contribution in [3.63, 3.8) is 0 Å². The zero-order valence-corrected chi connectivity index (χ0v) is 12.3. The van der Waals surface area contributed by atoms with Crippen molar-refractivity contribution in [3.05, 3.63) is 71.3 Å². The van der Waals surface area contributed by atoms with Crippen LogP contribution in [0.3, 0.4) is 0 Å². The smallest absolute Gasteiger partial charge is 0.218 e. The number of nitriles is 1. The molecule has 0 bridgehead atoms. The third-order valence-corrected chi connectivity index (χ3v) is 4.52. The number of anilines is 1. The molecular formula is C16H14N2O2S. The molecule has 0 aliphatic heterocycles. The zero-order chi connectivity index (χ0) is 15.3. The Morgan fingerprint density at radius 1 is 1.14 bits per heavy atom. The number of nitrogens with one attached hydrogen (secondary N) is 1. The van der Waals surface area contributed by atoms with Crippen LogP contribution < -0.4 is 5.32 Å². The number of allylic oxidation sites excluding steroid dienone is 1. The van der Waals surface area contributed by atoms with Crippen LogP contribution in [0.5, 0.6) is 0 Å². The molecular weight excluding hydrogens is 284 g/mol. The predicted molar refractivity (Wildman–Crippen MR) is 82.1 cm³/mol. The van der Waals surface area contributed by atoms with Gasteiger partial charge in [-0.3, -0.25) is 0 Å². The average Bonchev–Trinajstić information content (AvgIpc) is 2.48. The first-order valence-corrected chi connectivity index (χ1v) is 7.76. The van der Waals surface area contributed by atoms with Crippen molar-refractivity contribution in [3.8, 4) is 6.07 Å². The molecule has 0 aliphatic rings. The first kappa shape index (κ1) is 14.8. The van der Waals surface area contributed by atoms with Crippen LogP contribution in [0.25, 0.3) is 0 Å². The van der Waals surface area contributed by atoms with Gasteiger partial charge in [0.15, 0.2) is 4.91 Å². The molecule has 2 aromatic carbocycles. The summed E-state index contributed by atoms with van der Waals surface area (Å²) >= 11 is 0. The fourth-order valence-electron chi connectivity index (χ4n) is 1.78. The minimum atomic E-state index is -3.79. The van der Waals surface area contributed by atoms with Crippen molar-refractivity contribution in [2.75, 3.05) is 5.32 Å². The van der Waals surface area contributed by atoms with Gasteiger partial charge in [0.1, 0.15) is 6.07 Å². The first-order valence-electron chi connectivity index (χ1n) is 6.27. The zero-order valence-electron chi connectivity index (χ0n) is 11.4. The van der Waals surface area contributed by atoms with Gasteiger partial charge in [-0.05, 0) is 36.8 Å². The summed E-state index contributed by atoms with van der Waals surface area (Å²) in [5.41, 5.74) is 1.77. The lowest BCUT2D eigenvalue weighted by atomic mass is 10.2. The quantitative estimate of drug-likeness (QED) is 0.880. The minimum Gasteiger partial charge on any atom is -0.360 e. The van der Waals surface area contributed by atoms with Gasteiger partial charge < -0.3 is 5.32 Å². The van der Waals surface area contributed by atoms with Gasteiger partial charge in [0.25, 0.3) is 0 Å². The number of hydrogen-bond donors (Lipinski definition) is 1. The summed E-state index contributed by atoms with van der Waals surface area (Å²) in [5, 5.41) is 12.0. The maximum absolute atomic E-state index is 12.3. The van der Waals surface area contributed by atoms with Gasteiger partial charge in [-0.2, -0.15) is 5.26 Å². The van der Waals surface area contributed by atoms with Crippen LogP contribution in [-0.4, -0.2) is 8.42 Å². The highest BCUT2D eigenvalue weighted by molar-refractivity contribution is 7.95. The van der Waals surface area contributed by atoms with Crippen molar-refractivity contribution >= 4 is 15.5 Å². The van der Waals surface area contributed by atoms with Crippen molar-refractivity contribution in [2.45, 2.75) is 11.8 Å². The SMILES string of the molecule is Cc1cccc(N/C=C(\C#N)S(=O)(=O)c2ccccc2)c1. The van der Waals surface area contributed by atoms with Crippen LogP contribution in [0.2, 0.25) is 0 Å². The van der Waals surface area contributed by atoms with E-state index in [0.717, 1.165) is 11.3 Å². The molecule has 21 heavy (non-hydrogen) atoms.